The summed E-state index contributed by atoms with van der Waals surface area (Å²) in [6.07, 6.45) is 7.53. The molecule has 6 aromatic heterocycles. The van der Waals surface area contributed by atoms with Crippen LogP contribution in [0.3, 0.4) is 0 Å². The van der Waals surface area contributed by atoms with Crippen LogP contribution in [0.2, 0.25) is 0 Å². The molecule has 0 saturated heterocycles. The van der Waals surface area contributed by atoms with E-state index in [0.717, 1.165) is 82.6 Å². The number of ether oxygens (including phenoxy) is 2. The zero-order valence-electron chi connectivity index (χ0n) is 39.2. The zero-order chi connectivity index (χ0) is 46.2. The van der Waals surface area contributed by atoms with Gasteiger partial charge in [0.25, 0.3) is 0 Å². The van der Waals surface area contributed by atoms with Crippen LogP contribution in [0.1, 0.15) is 76.0 Å². The van der Waals surface area contributed by atoms with Crippen LogP contribution in [0.4, 0.5) is 0 Å². The first-order valence-corrected chi connectivity index (χ1v) is 23.1. The molecule has 348 valence electrons. The van der Waals surface area contributed by atoms with E-state index >= 15 is 0 Å². The van der Waals surface area contributed by atoms with Crippen LogP contribution in [0.15, 0.2) is 146 Å². The molecule has 0 saturated carbocycles. The Morgan fingerprint density at radius 3 is 1.13 bits per heavy atom. The normalized spacial score (nSPS) is 11.7. The summed E-state index contributed by atoms with van der Waals surface area (Å²) in [5, 5.41) is 6.25. The van der Waals surface area contributed by atoms with Gasteiger partial charge in [0.2, 0.25) is 5.95 Å². The third-order valence-corrected chi connectivity index (χ3v) is 12.9. The molecule has 0 atom stereocenters. The van der Waals surface area contributed by atoms with Crippen LogP contribution in [0.25, 0.3) is 83.0 Å². The number of para-hydroxylation sites is 2. The van der Waals surface area contributed by atoms with Crippen LogP contribution in [-0.2, 0) is 42.1 Å². The van der Waals surface area contributed by atoms with E-state index in [4.69, 9.17) is 29.4 Å². The summed E-state index contributed by atoms with van der Waals surface area (Å²) in [4.78, 5) is 19.4. The monoisotopic (exact) mass is 1270 g/mol. The fourth-order valence-electron chi connectivity index (χ4n) is 9.30. The number of hydrogen-bond acceptors (Lipinski definition) is 6. The van der Waals surface area contributed by atoms with Gasteiger partial charge in [0, 0.05) is 58.8 Å². The van der Waals surface area contributed by atoms with E-state index in [0.29, 0.717) is 40.8 Å². The number of hydrogen-bond donors (Lipinski definition) is 0. The second-order valence-electron chi connectivity index (χ2n) is 18.3. The summed E-state index contributed by atoms with van der Waals surface area (Å²) in [5.41, 5.74) is 8.80. The molecule has 70 heavy (non-hydrogen) atoms. The predicted molar refractivity (Wildman–Crippen MR) is 271 cm³/mol. The summed E-state index contributed by atoms with van der Waals surface area (Å²) in [5.74, 6) is 5.27. The molecule has 9 nitrogen and oxygen atoms in total. The van der Waals surface area contributed by atoms with Gasteiger partial charge in [0.1, 0.15) is 11.6 Å². The molecule has 0 N–H and O–H groups in total. The third-order valence-electron chi connectivity index (χ3n) is 12.9. The molecule has 6 aromatic carbocycles. The Hall–Kier alpha value is -6.92. The van der Waals surface area contributed by atoms with E-state index in [1.54, 1.807) is 0 Å². The van der Waals surface area contributed by atoms with Crippen molar-refractivity contribution in [1.29, 1.82) is 0 Å². The first kappa shape index (κ1) is 46.8. The van der Waals surface area contributed by atoms with Gasteiger partial charge in [-0.05, 0) is 81.6 Å². The molecule has 6 heterocycles. The van der Waals surface area contributed by atoms with Gasteiger partial charge < -0.3 is 23.2 Å². The van der Waals surface area contributed by atoms with Gasteiger partial charge in [-0.15, -0.1) is 59.3 Å². The van der Waals surface area contributed by atoms with E-state index in [1.807, 2.05) is 53.6 Å². The Morgan fingerprint density at radius 1 is 0.386 bits per heavy atom. The Balaban J connectivity index is 0.00000284. The molecule has 0 radical (unpaired) electrons. The van der Waals surface area contributed by atoms with Gasteiger partial charge in [-0.25, -0.2) is 19.9 Å². The molecule has 11 heteroatoms. The average molecular weight is 1270 g/mol. The van der Waals surface area contributed by atoms with Crippen molar-refractivity contribution in [3.63, 3.8) is 0 Å². The van der Waals surface area contributed by atoms with Crippen LogP contribution in [0.5, 0.6) is 23.0 Å². The van der Waals surface area contributed by atoms with Crippen molar-refractivity contribution in [2.45, 2.75) is 59.3 Å². The smallest absolute Gasteiger partial charge is 0.509 e. The molecule has 0 unspecified atom stereocenters. The minimum atomic E-state index is 0. The minimum Gasteiger partial charge on any atom is -0.509 e. The van der Waals surface area contributed by atoms with E-state index in [-0.39, 0.29) is 48.0 Å². The largest absolute Gasteiger partial charge is 2.00 e. The summed E-state index contributed by atoms with van der Waals surface area (Å²) in [7, 11) is 0. The van der Waals surface area contributed by atoms with Crippen LogP contribution in [-0.4, -0.2) is 33.6 Å². The van der Waals surface area contributed by atoms with Gasteiger partial charge in [0.15, 0.2) is 0 Å². The van der Waals surface area contributed by atoms with Gasteiger partial charge >= 0.3 is 42.1 Å². The molecule has 12 rings (SSSR count). The number of aromatic nitrogens is 7. The predicted octanol–water partition coefficient (Wildman–Crippen LogP) is 14.7. The second-order valence-corrected chi connectivity index (χ2v) is 18.3. The molecule has 0 aliphatic heterocycles. The van der Waals surface area contributed by atoms with Crippen LogP contribution < -0.4 is 9.47 Å². The topological polar surface area (TPSA) is 84.8 Å². The van der Waals surface area contributed by atoms with Crippen molar-refractivity contribution in [3.05, 3.63) is 187 Å². The fourth-order valence-corrected chi connectivity index (χ4v) is 9.30. The number of fused-ring (bicyclic) bond motifs is 9. The zero-order valence-corrected chi connectivity index (χ0v) is 43.7. The number of rotatable bonds is 10. The maximum Gasteiger partial charge on any atom is 2.00 e. The molecule has 0 aliphatic carbocycles. The van der Waals surface area contributed by atoms with Gasteiger partial charge in [-0.1, -0.05) is 100 Å². The van der Waals surface area contributed by atoms with Crippen LogP contribution in [0, 0.1) is 24.3 Å². The van der Waals surface area contributed by atoms with Crippen molar-refractivity contribution < 1.29 is 51.6 Å². The van der Waals surface area contributed by atoms with E-state index < -0.39 is 0 Å². The average Bonchev–Trinajstić information content (AvgIpc) is 3.98. The molecule has 0 spiro atoms. The number of benzene rings is 6. The maximum absolute atomic E-state index is 6.66. The number of pyridine rings is 2. The van der Waals surface area contributed by atoms with Crippen molar-refractivity contribution in [3.8, 4) is 40.6 Å². The van der Waals surface area contributed by atoms with Gasteiger partial charge in [-0.3, -0.25) is 0 Å². The van der Waals surface area contributed by atoms with E-state index in [2.05, 4.69) is 172 Å². The molecular weight excluding hydrogens is 1230 g/mol. The van der Waals surface area contributed by atoms with E-state index in [9.17, 15) is 0 Å². The maximum atomic E-state index is 6.66. The van der Waals surface area contributed by atoms with E-state index in [1.165, 1.54) is 11.1 Å². The molecule has 0 aliphatic rings. The van der Waals surface area contributed by atoms with Crippen molar-refractivity contribution in [2.24, 2.45) is 0 Å². The molecule has 0 fully saturated rings. The summed E-state index contributed by atoms with van der Waals surface area (Å²) in [6, 6.07) is 55.7. The molecular formula is C59H45N7O2Pt2. The summed E-state index contributed by atoms with van der Waals surface area (Å²) in [6.45, 7) is 13.0. The number of nitrogens with zero attached hydrogens (tertiary/aromatic N) is 7. The molecule has 0 amide bonds. The van der Waals surface area contributed by atoms with Crippen molar-refractivity contribution in [1.82, 2.24) is 33.6 Å². The van der Waals surface area contributed by atoms with Crippen molar-refractivity contribution in [2.75, 3.05) is 0 Å². The first-order valence-electron chi connectivity index (χ1n) is 23.1. The van der Waals surface area contributed by atoms with Crippen LogP contribution >= 0.6 is 0 Å². The van der Waals surface area contributed by atoms with Crippen molar-refractivity contribution >= 4 is 65.4 Å². The third kappa shape index (κ3) is 8.09. The van der Waals surface area contributed by atoms with Gasteiger partial charge in [0.05, 0.1) is 0 Å². The SMILES string of the molecule is CC(C)c1cnc(-n2c3[c-]c(Oc4[c-]c5c(cc4)c4ccccc4n5-c4cc(C(C)C)ccn4)ccc3c3ccc(Oc4[c-]c5c(cc4)c4ccccc4n5-c4cc(C(C)C)ccn4)[c-]c32)nc1.[Pt+2].[Pt+2]. The first-order chi connectivity index (χ1) is 33.2. The molecule has 12 aromatic rings. The molecule has 0 bridgehead atoms. The Morgan fingerprint density at radius 2 is 0.743 bits per heavy atom. The minimum absolute atomic E-state index is 0. The Labute approximate surface area is 434 Å². The van der Waals surface area contributed by atoms with Gasteiger partial charge in [-0.2, -0.15) is 35.0 Å². The summed E-state index contributed by atoms with van der Waals surface area (Å²) < 4.78 is 19.6. The second kappa shape index (κ2) is 18.8. The quantitative estimate of drug-likeness (QED) is 0.127. The standard InChI is InChI=1S/C59H45N7O2.2Pt/c1-35(2)38-23-25-60-57(27-38)64-51-13-9-7-11-45(51)47-19-15-41(29-53(47)64)67-43-17-21-49-50-22-18-44(32-56(50)66(55(49)31-43)59-62-33-40(34-63-59)37(5)6)68-42-16-20-48-46-12-8-10-14-52(46)65(54(48)30-42)58-28-39(36(3)4)24-26-61-58;;/h7-28,33-37H,1-6H3;;/q-4;2*+2. The summed E-state index contributed by atoms with van der Waals surface area (Å²) >= 11 is 0. The Kier molecular flexibility index (Phi) is 12.5. The fraction of sp³-hybridized carbons (Fsp3) is 0.153. The Bertz CT molecular complexity index is 3700.